The second kappa shape index (κ2) is 13.0. The SMILES string of the molecule is N#CCNC(=O)C(CNC(=O)c1ccccc1-c1csc(Nc2ccncc2)n1)c1cc(I)c(O)c(I)c1. The van der Waals surface area contributed by atoms with Crippen molar-refractivity contribution in [2.24, 2.45) is 0 Å². The molecule has 12 heteroatoms. The topological polar surface area (TPSA) is 140 Å². The molecule has 1 atom stereocenters. The summed E-state index contributed by atoms with van der Waals surface area (Å²) in [5, 5.41) is 30.2. The van der Waals surface area contributed by atoms with Crippen LogP contribution in [0.3, 0.4) is 0 Å². The summed E-state index contributed by atoms with van der Waals surface area (Å²) < 4.78 is 1.16. The van der Waals surface area contributed by atoms with Gasteiger partial charge in [-0.2, -0.15) is 5.26 Å². The van der Waals surface area contributed by atoms with Gasteiger partial charge in [-0.25, -0.2) is 4.98 Å². The summed E-state index contributed by atoms with van der Waals surface area (Å²) in [5.41, 5.74) is 3.18. The van der Waals surface area contributed by atoms with Crippen molar-refractivity contribution in [1.82, 2.24) is 20.6 Å². The Kier molecular flexibility index (Phi) is 9.48. The van der Waals surface area contributed by atoms with E-state index in [4.69, 9.17) is 5.26 Å². The molecule has 0 saturated carbocycles. The summed E-state index contributed by atoms with van der Waals surface area (Å²) in [4.78, 5) is 34.9. The van der Waals surface area contributed by atoms with Crippen LogP contribution in [-0.2, 0) is 4.79 Å². The van der Waals surface area contributed by atoms with Crippen LogP contribution in [0.1, 0.15) is 21.8 Å². The number of phenols is 1. The van der Waals surface area contributed by atoms with Crippen molar-refractivity contribution in [3.63, 3.8) is 0 Å². The number of benzene rings is 2. The maximum absolute atomic E-state index is 13.3. The molecule has 0 aliphatic heterocycles. The van der Waals surface area contributed by atoms with Crippen LogP contribution in [0, 0.1) is 18.5 Å². The van der Waals surface area contributed by atoms with Crippen molar-refractivity contribution >= 4 is 79.2 Å². The Hall–Kier alpha value is -3.29. The van der Waals surface area contributed by atoms with E-state index in [1.807, 2.05) is 80.9 Å². The Morgan fingerprint density at radius 2 is 1.79 bits per heavy atom. The van der Waals surface area contributed by atoms with Gasteiger partial charge in [-0.3, -0.25) is 14.6 Å². The van der Waals surface area contributed by atoms with Crippen molar-refractivity contribution in [2.75, 3.05) is 18.4 Å². The number of nitrogens with one attached hydrogen (secondary N) is 3. The summed E-state index contributed by atoms with van der Waals surface area (Å²) in [5.74, 6) is -1.40. The molecule has 192 valence electrons. The van der Waals surface area contributed by atoms with E-state index in [0.29, 0.717) is 34.7 Å². The zero-order valence-corrected chi connectivity index (χ0v) is 24.7. The lowest BCUT2D eigenvalue weighted by Gasteiger charge is -2.19. The second-order valence-electron chi connectivity index (χ2n) is 7.92. The predicted molar refractivity (Wildman–Crippen MR) is 162 cm³/mol. The number of nitriles is 1. The summed E-state index contributed by atoms with van der Waals surface area (Å²) in [6, 6.07) is 16.1. The van der Waals surface area contributed by atoms with E-state index in [1.165, 1.54) is 11.3 Å². The number of hydrogen-bond acceptors (Lipinski definition) is 8. The molecule has 2 aromatic heterocycles. The van der Waals surface area contributed by atoms with Gasteiger partial charge in [0.25, 0.3) is 5.91 Å². The van der Waals surface area contributed by atoms with Gasteiger partial charge in [-0.05, 0) is 81.1 Å². The van der Waals surface area contributed by atoms with E-state index < -0.39 is 11.8 Å². The fourth-order valence-electron chi connectivity index (χ4n) is 3.61. The monoisotopic (exact) mass is 750 g/mol. The molecule has 2 amide bonds. The number of thiazole rings is 1. The molecule has 1 unspecified atom stereocenters. The highest BCUT2D eigenvalue weighted by Gasteiger charge is 2.24. The average molecular weight is 750 g/mol. The largest absolute Gasteiger partial charge is 0.506 e. The van der Waals surface area contributed by atoms with Crippen LogP contribution in [0.25, 0.3) is 11.3 Å². The first kappa shape index (κ1) is 27.7. The van der Waals surface area contributed by atoms with Crippen LogP contribution in [0.15, 0.2) is 66.3 Å². The predicted octanol–water partition coefficient (Wildman–Crippen LogP) is 5.02. The van der Waals surface area contributed by atoms with Gasteiger partial charge in [0.05, 0.1) is 24.8 Å². The van der Waals surface area contributed by atoms with Gasteiger partial charge in [0.15, 0.2) is 5.13 Å². The van der Waals surface area contributed by atoms with Gasteiger partial charge in [0.2, 0.25) is 5.91 Å². The molecular weight excluding hydrogens is 730 g/mol. The molecule has 4 N–H and O–H groups in total. The van der Waals surface area contributed by atoms with Crippen molar-refractivity contribution in [2.45, 2.75) is 5.92 Å². The number of amides is 2. The summed E-state index contributed by atoms with van der Waals surface area (Å²) in [6.45, 7) is -0.161. The molecule has 0 saturated heterocycles. The Labute approximate surface area is 250 Å². The highest BCUT2D eigenvalue weighted by atomic mass is 127. The molecule has 4 rings (SSSR count). The molecule has 0 aliphatic carbocycles. The zero-order valence-electron chi connectivity index (χ0n) is 19.6. The third-order valence-corrected chi connectivity index (χ3v) is 7.85. The van der Waals surface area contributed by atoms with E-state index in [9.17, 15) is 14.7 Å². The lowest BCUT2D eigenvalue weighted by Crippen LogP contribution is -2.37. The number of halogens is 2. The van der Waals surface area contributed by atoms with Crippen LogP contribution in [0.2, 0.25) is 0 Å². The standard InChI is InChI=1S/C26H20I2N6O3S/c27-20-11-15(12-21(28)23(20)35)19(25(37)31-10-7-29)13-32-24(36)18-4-2-1-3-17(18)22-14-38-26(34-22)33-16-5-8-30-9-6-16/h1-6,8-9,11-12,14,19,35H,10,13H2,(H,31,37)(H,32,36)(H,30,33,34). The molecule has 0 spiro atoms. The number of carbonyl (C=O) groups is 2. The number of carbonyl (C=O) groups excluding carboxylic acids is 2. The van der Waals surface area contributed by atoms with Crippen molar-refractivity contribution in [3.05, 3.63) is 84.6 Å². The maximum atomic E-state index is 13.3. The van der Waals surface area contributed by atoms with Crippen LogP contribution in [0.5, 0.6) is 5.75 Å². The lowest BCUT2D eigenvalue weighted by molar-refractivity contribution is -0.122. The van der Waals surface area contributed by atoms with Gasteiger partial charge >= 0.3 is 0 Å². The van der Waals surface area contributed by atoms with E-state index in [1.54, 1.807) is 36.7 Å². The third kappa shape index (κ3) is 6.77. The van der Waals surface area contributed by atoms with Crippen LogP contribution >= 0.6 is 56.5 Å². The number of hydrogen-bond donors (Lipinski definition) is 4. The summed E-state index contributed by atoms with van der Waals surface area (Å²) >= 11 is 5.40. The first-order chi connectivity index (χ1) is 18.4. The molecule has 9 nitrogen and oxygen atoms in total. The van der Waals surface area contributed by atoms with E-state index >= 15 is 0 Å². The smallest absolute Gasteiger partial charge is 0.252 e. The number of pyridine rings is 1. The Bertz CT molecular complexity index is 1480. The molecule has 38 heavy (non-hydrogen) atoms. The number of nitrogens with zero attached hydrogens (tertiary/aromatic N) is 3. The highest BCUT2D eigenvalue weighted by molar-refractivity contribution is 14.1. The molecule has 0 fully saturated rings. The normalized spacial score (nSPS) is 11.3. The first-order valence-corrected chi connectivity index (χ1v) is 14.2. The number of anilines is 2. The molecule has 0 bridgehead atoms. The Balaban J connectivity index is 1.55. The highest BCUT2D eigenvalue weighted by Crippen LogP contribution is 2.31. The fraction of sp³-hybridized carbons (Fsp3) is 0.115. The molecule has 4 aromatic rings. The van der Waals surface area contributed by atoms with Crippen molar-refractivity contribution in [3.8, 4) is 23.1 Å². The number of rotatable bonds is 9. The molecule has 2 aromatic carbocycles. The minimum Gasteiger partial charge on any atom is -0.506 e. The van der Waals surface area contributed by atoms with Crippen LogP contribution in [0.4, 0.5) is 10.8 Å². The minimum atomic E-state index is -0.766. The number of phenolic OH excluding ortho intramolecular Hbond substituents is 1. The minimum absolute atomic E-state index is 0.00667. The number of aromatic nitrogens is 2. The zero-order chi connectivity index (χ0) is 27.1. The van der Waals surface area contributed by atoms with Crippen LogP contribution < -0.4 is 16.0 Å². The Morgan fingerprint density at radius 1 is 1.08 bits per heavy atom. The average Bonchev–Trinajstić information content (AvgIpc) is 3.39. The van der Waals surface area contributed by atoms with Gasteiger partial charge in [-0.1, -0.05) is 18.2 Å². The fourth-order valence-corrected chi connectivity index (χ4v) is 6.15. The summed E-state index contributed by atoms with van der Waals surface area (Å²) in [6.07, 6.45) is 3.37. The first-order valence-electron chi connectivity index (χ1n) is 11.2. The van der Waals surface area contributed by atoms with E-state index in [0.717, 1.165) is 5.69 Å². The van der Waals surface area contributed by atoms with Crippen molar-refractivity contribution in [1.29, 1.82) is 5.26 Å². The molecule has 2 heterocycles. The second-order valence-corrected chi connectivity index (χ2v) is 11.1. The number of aromatic hydroxyl groups is 1. The van der Waals surface area contributed by atoms with Gasteiger partial charge in [0, 0.05) is 41.1 Å². The van der Waals surface area contributed by atoms with Crippen molar-refractivity contribution < 1.29 is 14.7 Å². The lowest BCUT2D eigenvalue weighted by atomic mass is 9.97. The molecule has 0 radical (unpaired) electrons. The van der Waals surface area contributed by atoms with Gasteiger partial charge in [-0.15, -0.1) is 11.3 Å². The van der Waals surface area contributed by atoms with Gasteiger partial charge in [0.1, 0.15) is 12.3 Å². The van der Waals surface area contributed by atoms with Gasteiger partial charge < -0.3 is 21.1 Å². The molecular formula is C26H20I2N6O3S. The van der Waals surface area contributed by atoms with Crippen LogP contribution in [-0.4, -0.2) is 40.0 Å². The summed E-state index contributed by atoms with van der Waals surface area (Å²) in [7, 11) is 0. The third-order valence-electron chi connectivity index (χ3n) is 5.45. The maximum Gasteiger partial charge on any atom is 0.252 e. The Morgan fingerprint density at radius 3 is 2.50 bits per heavy atom. The van der Waals surface area contributed by atoms with E-state index in [-0.39, 0.29) is 24.7 Å². The molecule has 0 aliphatic rings. The van der Waals surface area contributed by atoms with E-state index in [2.05, 4.69) is 25.9 Å². The quantitative estimate of drug-likeness (QED) is 0.139.